The van der Waals surface area contributed by atoms with Crippen molar-refractivity contribution in [2.24, 2.45) is 10.8 Å². The first kappa shape index (κ1) is 23.3. The molecule has 1 aromatic carbocycles. The molecular formula is C25H30ClN5O2. The number of pyridine rings is 1. The minimum Gasteiger partial charge on any atom is -0.489 e. The predicted molar refractivity (Wildman–Crippen MR) is 129 cm³/mol. The second-order valence-electron chi connectivity index (χ2n) is 9.94. The van der Waals surface area contributed by atoms with E-state index in [1.54, 1.807) is 24.4 Å². The van der Waals surface area contributed by atoms with Gasteiger partial charge >= 0.3 is 0 Å². The zero-order valence-corrected chi connectivity index (χ0v) is 20.2. The molecule has 1 saturated carbocycles. The Hall–Kier alpha value is -2.82. The summed E-state index contributed by atoms with van der Waals surface area (Å²) in [5, 5.41) is 16.0. The summed E-state index contributed by atoms with van der Waals surface area (Å²) in [6, 6.07) is 10.8. The second-order valence-corrected chi connectivity index (χ2v) is 10.3. The third-order valence-corrected chi connectivity index (χ3v) is 7.19. The number of benzene rings is 1. The number of nitriles is 1. The predicted octanol–water partition coefficient (Wildman–Crippen LogP) is 3.63. The molecule has 2 aliphatic rings. The minimum atomic E-state index is -0.312. The molecule has 2 heterocycles. The van der Waals surface area contributed by atoms with Crippen molar-refractivity contribution in [2.45, 2.75) is 39.8 Å². The molecule has 174 valence electrons. The van der Waals surface area contributed by atoms with Crippen LogP contribution in [0.15, 0.2) is 36.5 Å². The van der Waals surface area contributed by atoms with Crippen LogP contribution in [-0.4, -0.2) is 49.2 Å². The molecule has 1 aromatic heterocycles. The number of carbonyl (C=O) groups is 1. The van der Waals surface area contributed by atoms with E-state index in [0.29, 0.717) is 21.9 Å². The number of hydrogen-bond acceptors (Lipinski definition) is 6. The number of amides is 1. The molecule has 0 unspecified atom stereocenters. The molecular weight excluding hydrogens is 438 g/mol. The maximum absolute atomic E-state index is 13.0. The summed E-state index contributed by atoms with van der Waals surface area (Å²) in [5.74, 6) is 1.37. The van der Waals surface area contributed by atoms with E-state index in [2.05, 4.69) is 54.3 Å². The van der Waals surface area contributed by atoms with E-state index in [1.165, 1.54) is 0 Å². The third kappa shape index (κ3) is 4.38. The van der Waals surface area contributed by atoms with Gasteiger partial charge in [-0.1, -0.05) is 39.3 Å². The van der Waals surface area contributed by atoms with Crippen molar-refractivity contribution in [1.82, 2.24) is 15.6 Å². The van der Waals surface area contributed by atoms with Gasteiger partial charge in [0.05, 0.1) is 16.1 Å². The van der Waals surface area contributed by atoms with Crippen LogP contribution in [0.1, 0.15) is 43.6 Å². The fourth-order valence-electron chi connectivity index (χ4n) is 5.41. The number of piperazine rings is 1. The van der Waals surface area contributed by atoms with Gasteiger partial charge in [0.2, 0.25) is 0 Å². The largest absolute Gasteiger partial charge is 0.489 e. The lowest BCUT2D eigenvalue weighted by Crippen LogP contribution is -2.74. The smallest absolute Gasteiger partial charge is 0.253 e. The van der Waals surface area contributed by atoms with E-state index in [4.69, 9.17) is 21.6 Å². The molecule has 1 aliphatic heterocycles. The molecule has 1 amide bonds. The average molecular weight is 468 g/mol. The molecule has 1 aliphatic carbocycles. The Bertz CT molecular complexity index is 1060. The lowest BCUT2D eigenvalue weighted by Gasteiger charge is -2.63. The molecule has 33 heavy (non-hydrogen) atoms. The first-order valence-electron chi connectivity index (χ1n) is 11.2. The van der Waals surface area contributed by atoms with Gasteiger partial charge in [0.1, 0.15) is 23.7 Å². The topological polar surface area (TPSA) is 90.3 Å². The fraction of sp³-hybridized carbons (Fsp3) is 0.480. The molecule has 2 N–H and O–H groups in total. The fourth-order valence-corrected chi connectivity index (χ4v) is 5.62. The molecule has 0 spiro atoms. The molecule has 2 fully saturated rings. The molecule has 7 nitrogen and oxygen atoms in total. The van der Waals surface area contributed by atoms with Crippen molar-refractivity contribution < 1.29 is 9.53 Å². The second kappa shape index (κ2) is 8.85. The van der Waals surface area contributed by atoms with Gasteiger partial charge in [0, 0.05) is 55.3 Å². The summed E-state index contributed by atoms with van der Waals surface area (Å²) < 4.78 is 6.29. The van der Waals surface area contributed by atoms with Crippen molar-refractivity contribution in [3.8, 4) is 11.8 Å². The van der Waals surface area contributed by atoms with Crippen LogP contribution >= 0.6 is 11.6 Å². The van der Waals surface area contributed by atoms with Crippen molar-refractivity contribution in [2.75, 3.05) is 31.1 Å². The van der Waals surface area contributed by atoms with Crippen LogP contribution in [0.25, 0.3) is 0 Å². The quantitative estimate of drug-likeness (QED) is 0.697. The van der Waals surface area contributed by atoms with Gasteiger partial charge in [0.25, 0.3) is 5.91 Å². The van der Waals surface area contributed by atoms with Crippen molar-refractivity contribution in [3.05, 3.63) is 52.7 Å². The summed E-state index contributed by atoms with van der Waals surface area (Å²) in [6.45, 7) is 12.1. The lowest BCUT2D eigenvalue weighted by molar-refractivity contribution is -0.164. The normalized spacial score (nSPS) is 23.2. The summed E-state index contributed by atoms with van der Waals surface area (Å²) in [4.78, 5) is 19.8. The number of hydrogen-bond donors (Lipinski definition) is 2. The number of ether oxygens (including phenoxy) is 1. The zero-order chi connectivity index (χ0) is 23.8. The Labute approximate surface area is 200 Å². The van der Waals surface area contributed by atoms with E-state index in [9.17, 15) is 4.79 Å². The Balaban J connectivity index is 1.43. The molecule has 0 atom stereocenters. The first-order valence-corrected chi connectivity index (χ1v) is 11.6. The maximum atomic E-state index is 13.0. The molecule has 2 aromatic rings. The minimum absolute atomic E-state index is 0.0933. The van der Waals surface area contributed by atoms with E-state index in [1.807, 2.05) is 12.1 Å². The maximum Gasteiger partial charge on any atom is 0.253 e. The zero-order valence-electron chi connectivity index (χ0n) is 19.5. The van der Waals surface area contributed by atoms with E-state index >= 15 is 0 Å². The van der Waals surface area contributed by atoms with Crippen LogP contribution in [0, 0.1) is 22.2 Å². The van der Waals surface area contributed by atoms with Gasteiger partial charge in [-0.25, -0.2) is 4.98 Å². The Morgan fingerprint density at radius 2 is 1.91 bits per heavy atom. The molecule has 1 saturated heterocycles. The number of carbonyl (C=O) groups excluding carboxylic acids is 1. The van der Waals surface area contributed by atoms with Crippen LogP contribution in [0.3, 0.4) is 0 Å². The number of halogens is 1. The summed E-state index contributed by atoms with van der Waals surface area (Å²) >= 11 is 6.17. The summed E-state index contributed by atoms with van der Waals surface area (Å²) in [5.41, 5.74) is 0.336. The SMILES string of the molecule is CC1(C)C(NC(=O)c2ccc(N3CCNCC3)nc2)C(C)(C)C1Oc1ccc(C#N)c(Cl)c1. The number of nitrogens with one attached hydrogen (secondary N) is 2. The van der Waals surface area contributed by atoms with E-state index in [-0.39, 0.29) is 28.9 Å². The lowest BCUT2D eigenvalue weighted by atomic mass is 9.49. The number of aromatic nitrogens is 1. The van der Waals surface area contributed by atoms with Crippen LogP contribution in [-0.2, 0) is 0 Å². The Morgan fingerprint density at radius 3 is 2.48 bits per heavy atom. The monoisotopic (exact) mass is 467 g/mol. The highest BCUT2D eigenvalue weighted by atomic mass is 35.5. The Morgan fingerprint density at radius 1 is 1.21 bits per heavy atom. The van der Waals surface area contributed by atoms with E-state index in [0.717, 1.165) is 32.0 Å². The highest BCUT2D eigenvalue weighted by molar-refractivity contribution is 6.31. The highest BCUT2D eigenvalue weighted by Crippen LogP contribution is 2.55. The third-order valence-electron chi connectivity index (χ3n) is 6.88. The van der Waals surface area contributed by atoms with Crippen molar-refractivity contribution in [3.63, 3.8) is 0 Å². The van der Waals surface area contributed by atoms with Crippen molar-refractivity contribution in [1.29, 1.82) is 5.26 Å². The molecule has 8 heteroatoms. The van der Waals surface area contributed by atoms with Gasteiger partial charge in [-0.05, 0) is 24.3 Å². The van der Waals surface area contributed by atoms with Gasteiger partial charge in [0.15, 0.2) is 0 Å². The van der Waals surface area contributed by atoms with Crippen LogP contribution < -0.4 is 20.3 Å². The Kier molecular flexibility index (Phi) is 6.26. The molecule has 0 bridgehead atoms. The first-order chi connectivity index (χ1) is 15.6. The number of nitrogens with zero attached hydrogens (tertiary/aromatic N) is 3. The van der Waals surface area contributed by atoms with Gasteiger partial charge in [-0.2, -0.15) is 5.26 Å². The molecule has 4 rings (SSSR count). The van der Waals surface area contributed by atoms with Gasteiger partial charge < -0.3 is 20.3 Å². The van der Waals surface area contributed by atoms with Gasteiger partial charge in [-0.3, -0.25) is 4.79 Å². The highest BCUT2D eigenvalue weighted by Gasteiger charge is 2.64. The number of anilines is 1. The van der Waals surface area contributed by atoms with E-state index < -0.39 is 0 Å². The van der Waals surface area contributed by atoms with Crippen LogP contribution in [0.4, 0.5) is 5.82 Å². The van der Waals surface area contributed by atoms with Crippen LogP contribution in [0.2, 0.25) is 5.02 Å². The standard InChI is InChI=1S/C25H30ClN5O2/c1-24(2)22(25(3,4)23(24)33-18-7-5-16(14-27)19(26)13-18)30-21(32)17-6-8-20(29-15-17)31-11-9-28-10-12-31/h5-8,13,15,22-23,28H,9-12H2,1-4H3,(H,30,32). The van der Waals surface area contributed by atoms with Crippen molar-refractivity contribution >= 4 is 23.3 Å². The summed E-state index contributed by atoms with van der Waals surface area (Å²) in [6.07, 6.45) is 1.51. The average Bonchev–Trinajstić information content (AvgIpc) is 2.81. The van der Waals surface area contributed by atoms with Gasteiger partial charge in [-0.15, -0.1) is 0 Å². The molecule has 0 radical (unpaired) electrons. The summed E-state index contributed by atoms with van der Waals surface area (Å²) in [7, 11) is 0. The number of rotatable bonds is 5. The van der Waals surface area contributed by atoms with Crippen LogP contribution in [0.5, 0.6) is 5.75 Å².